The third-order valence-electron chi connectivity index (χ3n) is 3.52. The number of likely N-dealkylation sites (N-methyl/N-ethyl adjacent to an activating group) is 2. The molecule has 0 radical (unpaired) electrons. The van der Waals surface area contributed by atoms with E-state index in [1.165, 1.54) is 4.90 Å². The Labute approximate surface area is 125 Å². The average molecular weight is 321 g/mol. The summed E-state index contributed by atoms with van der Waals surface area (Å²) in [4.78, 5) is 24.3. The van der Waals surface area contributed by atoms with Crippen LogP contribution in [0.3, 0.4) is 0 Å². The van der Waals surface area contributed by atoms with Gasteiger partial charge in [-0.15, -0.1) is 0 Å². The van der Waals surface area contributed by atoms with Gasteiger partial charge >= 0.3 is 5.97 Å². The minimum atomic E-state index is -3.96. The second-order valence-corrected chi connectivity index (χ2v) is 7.06. The van der Waals surface area contributed by atoms with Crippen LogP contribution in [0.2, 0.25) is 0 Å². The summed E-state index contributed by atoms with van der Waals surface area (Å²) in [5.41, 5.74) is 0. The van der Waals surface area contributed by atoms with E-state index in [2.05, 4.69) is 0 Å². The van der Waals surface area contributed by atoms with Crippen molar-refractivity contribution in [1.82, 2.24) is 13.5 Å². The molecule has 1 atom stereocenters. The number of hydrogen-bond donors (Lipinski definition) is 1. The van der Waals surface area contributed by atoms with Gasteiger partial charge in [-0.25, -0.2) is 0 Å². The fourth-order valence-corrected chi connectivity index (χ4v) is 4.00. The number of nitrogens with zero attached hydrogens (tertiary/aromatic N) is 3. The van der Waals surface area contributed by atoms with Crippen LogP contribution < -0.4 is 0 Å². The van der Waals surface area contributed by atoms with Crippen LogP contribution in [0.5, 0.6) is 0 Å². The van der Waals surface area contributed by atoms with E-state index >= 15 is 0 Å². The maximum atomic E-state index is 12.6. The van der Waals surface area contributed by atoms with Crippen molar-refractivity contribution in [3.63, 3.8) is 0 Å². The van der Waals surface area contributed by atoms with Gasteiger partial charge in [0.15, 0.2) is 0 Å². The molecule has 1 rings (SSSR count). The summed E-state index contributed by atoms with van der Waals surface area (Å²) in [5, 5.41) is 9.20. The van der Waals surface area contributed by atoms with Gasteiger partial charge in [0.05, 0.1) is 6.54 Å². The number of carboxylic acids is 1. The fourth-order valence-electron chi connectivity index (χ4n) is 2.23. The molecule has 1 heterocycles. The Hall–Kier alpha value is -1.19. The van der Waals surface area contributed by atoms with Crippen molar-refractivity contribution < 1.29 is 23.1 Å². The van der Waals surface area contributed by atoms with Crippen LogP contribution in [0.4, 0.5) is 0 Å². The van der Waals surface area contributed by atoms with Crippen molar-refractivity contribution in [2.24, 2.45) is 0 Å². The highest BCUT2D eigenvalue weighted by Crippen LogP contribution is 2.22. The zero-order chi connectivity index (χ0) is 16.2. The Morgan fingerprint density at radius 3 is 2.38 bits per heavy atom. The van der Waals surface area contributed by atoms with Crippen molar-refractivity contribution in [2.75, 3.05) is 33.7 Å². The second-order valence-electron chi connectivity index (χ2n) is 5.18. The van der Waals surface area contributed by atoms with Crippen molar-refractivity contribution >= 4 is 22.1 Å². The van der Waals surface area contributed by atoms with Gasteiger partial charge in [0.25, 0.3) is 10.2 Å². The van der Waals surface area contributed by atoms with Crippen LogP contribution in [0, 0.1) is 0 Å². The molecule has 1 amide bonds. The molecule has 1 fully saturated rings. The van der Waals surface area contributed by atoms with Crippen LogP contribution in [0.1, 0.15) is 26.2 Å². The van der Waals surface area contributed by atoms with Crippen LogP contribution in [0.25, 0.3) is 0 Å². The first kappa shape index (κ1) is 17.9. The lowest BCUT2D eigenvalue weighted by atomic mass is 10.1. The lowest BCUT2D eigenvalue weighted by Crippen LogP contribution is -2.54. The molecule has 21 heavy (non-hydrogen) atoms. The normalized spacial score (nSPS) is 20.5. The SMILES string of the molecule is CCN(CC(=O)N(C)C)S(=O)(=O)N1CCCCC1C(=O)O. The van der Waals surface area contributed by atoms with Crippen molar-refractivity contribution in [2.45, 2.75) is 32.2 Å². The minimum Gasteiger partial charge on any atom is -0.480 e. The Bertz CT molecular complexity index is 491. The monoisotopic (exact) mass is 321 g/mol. The number of amides is 1. The molecular weight excluding hydrogens is 298 g/mol. The summed E-state index contributed by atoms with van der Waals surface area (Å²) >= 11 is 0. The number of carbonyl (C=O) groups is 2. The van der Waals surface area contributed by atoms with Gasteiger partial charge in [-0.05, 0) is 19.3 Å². The van der Waals surface area contributed by atoms with E-state index in [1.54, 1.807) is 21.0 Å². The van der Waals surface area contributed by atoms with E-state index in [-0.39, 0.29) is 25.5 Å². The molecule has 0 bridgehead atoms. The lowest BCUT2D eigenvalue weighted by Gasteiger charge is -2.35. The van der Waals surface area contributed by atoms with Gasteiger partial charge in [-0.1, -0.05) is 6.92 Å². The summed E-state index contributed by atoms with van der Waals surface area (Å²) in [7, 11) is -0.868. The summed E-state index contributed by atoms with van der Waals surface area (Å²) in [6.07, 6.45) is 1.61. The van der Waals surface area contributed by atoms with E-state index < -0.39 is 22.2 Å². The predicted molar refractivity (Wildman–Crippen MR) is 76.8 cm³/mol. The Balaban J connectivity index is 2.99. The van der Waals surface area contributed by atoms with Crippen LogP contribution in [-0.2, 0) is 19.8 Å². The first-order valence-corrected chi connectivity index (χ1v) is 8.31. The Kier molecular flexibility index (Phi) is 6.11. The summed E-state index contributed by atoms with van der Waals surface area (Å²) in [6.45, 7) is 1.63. The molecule has 1 N–H and O–H groups in total. The average Bonchev–Trinajstić information content (AvgIpc) is 2.43. The van der Waals surface area contributed by atoms with Crippen molar-refractivity contribution in [3.8, 4) is 0 Å². The highest BCUT2D eigenvalue weighted by atomic mass is 32.2. The molecule has 9 heteroatoms. The maximum absolute atomic E-state index is 12.6. The number of carbonyl (C=O) groups excluding carboxylic acids is 1. The van der Waals surface area contributed by atoms with Gasteiger partial charge in [0, 0.05) is 27.2 Å². The zero-order valence-corrected chi connectivity index (χ0v) is 13.5. The van der Waals surface area contributed by atoms with Gasteiger partial charge in [0.2, 0.25) is 5.91 Å². The van der Waals surface area contributed by atoms with Crippen molar-refractivity contribution in [3.05, 3.63) is 0 Å². The molecule has 8 nitrogen and oxygen atoms in total. The highest BCUT2D eigenvalue weighted by Gasteiger charge is 2.40. The van der Waals surface area contributed by atoms with Crippen LogP contribution in [-0.4, -0.2) is 78.7 Å². The smallest absolute Gasteiger partial charge is 0.322 e. The molecule has 0 spiro atoms. The number of hydrogen-bond acceptors (Lipinski definition) is 4. The molecule has 1 aliphatic rings. The third-order valence-corrected chi connectivity index (χ3v) is 5.59. The summed E-state index contributed by atoms with van der Waals surface area (Å²) in [5.74, 6) is -1.49. The number of carboxylic acid groups (broad SMARTS) is 1. The first-order chi connectivity index (χ1) is 9.71. The van der Waals surface area contributed by atoms with E-state index in [9.17, 15) is 23.1 Å². The molecule has 1 aliphatic heterocycles. The molecule has 0 aromatic heterocycles. The molecule has 1 unspecified atom stereocenters. The Morgan fingerprint density at radius 1 is 1.29 bits per heavy atom. The first-order valence-electron chi connectivity index (χ1n) is 6.91. The van der Waals surface area contributed by atoms with E-state index in [0.29, 0.717) is 19.3 Å². The van der Waals surface area contributed by atoms with Crippen LogP contribution >= 0.6 is 0 Å². The topological polar surface area (TPSA) is 98.2 Å². The predicted octanol–water partition coefficient (Wildman–Crippen LogP) is -0.420. The molecule has 0 aliphatic carbocycles. The van der Waals surface area contributed by atoms with E-state index in [0.717, 1.165) is 8.61 Å². The van der Waals surface area contributed by atoms with Gasteiger partial charge in [-0.2, -0.15) is 17.0 Å². The second kappa shape index (κ2) is 7.19. The number of aliphatic carboxylic acids is 1. The number of rotatable bonds is 6. The quantitative estimate of drug-likeness (QED) is 0.716. The maximum Gasteiger partial charge on any atom is 0.322 e. The van der Waals surface area contributed by atoms with E-state index in [4.69, 9.17) is 0 Å². The van der Waals surface area contributed by atoms with Gasteiger partial charge in [0.1, 0.15) is 6.04 Å². The number of piperidine rings is 1. The minimum absolute atomic E-state index is 0.116. The third kappa shape index (κ3) is 4.14. The largest absolute Gasteiger partial charge is 0.480 e. The molecule has 122 valence electrons. The van der Waals surface area contributed by atoms with E-state index in [1.807, 2.05) is 0 Å². The highest BCUT2D eigenvalue weighted by molar-refractivity contribution is 7.86. The van der Waals surface area contributed by atoms with Gasteiger partial charge < -0.3 is 10.0 Å². The lowest BCUT2D eigenvalue weighted by molar-refractivity contribution is -0.142. The molecule has 0 saturated carbocycles. The zero-order valence-electron chi connectivity index (χ0n) is 12.7. The van der Waals surface area contributed by atoms with Crippen LogP contribution in [0.15, 0.2) is 0 Å². The molecule has 0 aromatic carbocycles. The Morgan fingerprint density at radius 2 is 1.90 bits per heavy atom. The molecular formula is C12H23N3O5S. The summed E-state index contributed by atoms with van der Waals surface area (Å²) < 4.78 is 27.2. The van der Waals surface area contributed by atoms with Gasteiger partial charge in [-0.3, -0.25) is 9.59 Å². The fraction of sp³-hybridized carbons (Fsp3) is 0.833. The molecule has 1 saturated heterocycles. The summed E-state index contributed by atoms with van der Waals surface area (Å²) in [6, 6.07) is -1.05. The standard InChI is InChI=1S/C12H23N3O5S/c1-4-14(9-11(16)13(2)3)21(19,20)15-8-6-5-7-10(15)12(17)18/h10H,4-9H2,1-3H3,(H,17,18). The van der Waals surface area contributed by atoms with Crippen molar-refractivity contribution in [1.29, 1.82) is 0 Å². The molecule has 0 aromatic rings.